The first-order valence-electron chi connectivity index (χ1n) is 12.3. The van der Waals surface area contributed by atoms with Crippen LogP contribution in [0.3, 0.4) is 0 Å². The third-order valence-electron chi connectivity index (χ3n) is 7.60. The number of piperidine rings is 1. The number of carbonyl (C=O) groups is 1. The highest BCUT2D eigenvalue weighted by molar-refractivity contribution is 7.89. The zero-order valence-corrected chi connectivity index (χ0v) is 22.3. The summed E-state index contributed by atoms with van der Waals surface area (Å²) >= 11 is 1.21. The maximum Gasteiger partial charge on any atom is 0.263 e. The molecule has 5 atom stereocenters. The van der Waals surface area contributed by atoms with Gasteiger partial charge in [-0.3, -0.25) is 14.2 Å². The van der Waals surface area contributed by atoms with Crippen LogP contribution in [-0.4, -0.2) is 47.3 Å². The number of hydrogen-bond acceptors (Lipinski definition) is 6. The Morgan fingerprint density at radius 2 is 1.85 bits per heavy atom. The van der Waals surface area contributed by atoms with Crippen molar-refractivity contribution in [1.29, 1.82) is 0 Å². The molecule has 1 aliphatic carbocycles. The number of rotatable bonds is 5. The van der Waals surface area contributed by atoms with Crippen molar-refractivity contribution >= 4 is 37.5 Å². The van der Waals surface area contributed by atoms with Crippen LogP contribution >= 0.6 is 11.3 Å². The molecule has 1 saturated heterocycles. The fourth-order valence-corrected chi connectivity index (χ4v) is 9.01. The number of carbonyl (C=O) groups excluding carboxylic acids is 1. The lowest BCUT2D eigenvalue weighted by Crippen LogP contribution is -2.45. The molecule has 1 amide bonds. The van der Waals surface area contributed by atoms with Crippen molar-refractivity contribution in [2.24, 2.45) is 23.7 Å². The molecule has 1 saturated carbocycles. The highest BCUT2D eigenvalue weighted by Gasteiger charge is 2.36. The van der Waals surface area contributed by atoms with E-state index >= 15 is 0 Å². The van der Waals surface area contributed by atoms with Gasteiger partial charge in [0.2, 0.25) is 15.9 Å². The Morgan fingerprint density at radius 3 is 2.53 bits per heavy atom. The lowest BCUT2D eigenvalue weighted by atomic mass is 9.78. The van der Waals surface area contributed by atoms with Crippen LogP contribution in [-0.2, 0) is 21.4 Å². The van der Waals surface area contributed by atoms with Crippen LogP contribution in [0.5, 0.6) is 0 Å². The molecule has 34 heavy (non-hydrogen) atoms. The molecule has 188 valence electrons. The van der Waals surface area contributed by atoms with Crippen molar-refractivity contribution in [3.8, 4) is 0 Å². The highest BCUT2D eigenvalue weighted by atomic mass is 32.2. The fourth-order valence-electron chi connectivity index (χ4n) is 5.66. The van der Waals surface area contributed by atoms with E-state index in [4.69, 9.17) is 0 Å². The first kappa shape index (κ1) is 25.3. The van der Waals surface area contributed by atoms with E-state index in [-0.39, 0.29) is 40.6 Å². The first-order valence-corrected chi connectivity index (χ1v) is 14.5. The minimum absolute atomic E-state index is 0.0517. The largest absolute Gasteiger partial charge is 0.352 e. The van der Waals surface area contributed by atoms with E-state index in [2.05, 4.69) is 38.0 Å². The Balaban J connectivity index is 1.64. The van der Waals surface area contributed by atoms with Crippen LogP contribution in [0.2, 0.25) is 0 Å². The van der Waals surface area contributed by atoms with Crippen molar-refractivity contribution in [3.63, 3.8) is 0 Å². The number of fused-ring (bicyclic) bond motifs is 1. The van der Waals surface area contributed by atoms with Crippen molar-refractivity contribution < 1.29 is 13.2 Å². The molecule has 2 fully saturated rings. The van der Waals surface area contributed by atoms with Crippen LogP contribution in [0.15, 0.2) is 16.0 Å². The molecule has 2 aromatic rings. The molecular formula is C24H36N4O4S2. The van der Waals surface area contributed by atoms with Crippen LogP contribution in [0, 0.1) is 30.6 Å². The number of thiophene rings is 1. The Bertz CT molecular complexity index is 1230. The van der Waals surface area contributed by atoms with E-state index < -0.39 is 15.6 Å². The second kappa shape index (κ2) is 9.70. The predicted octanol–water partition coefficient (Wildman–Crippen LogP) is 3.37. The molecule has 0 unspecified atom stereocenters. The zero-order chi connectivity index (χ0) is 24.8. The van der Waals surface area contributed by atoms with Gasteiger partial charge in [0.15, 0.2) is 0 Å². The minimum atomic E-state index is -3.86. The Labute approximate surface area is 205 Å². The number of nitrogens with one attached hydrogen (secondary N) is 1. The lowest BCUT2D eigenvalue weighted by Gasteiger charge is -2.34. The molecule has 2 aromatic heterocycles. The summed E-state index contributed by atoms with van der Waals surface area (Å²) < 4.78 is 30.1. The molecule has 10 heteroatoms. The Kier molecular flexibility index (Phi) is 7.22. The van der Waals surface area contributed by atoms with E-state index in [1.165, 1.54) is 26.5 Å². The van der Waals surface area contributed by atoms with Gasteiger partial charge in [-0.2, -0.15) is 4.31 Å². The predicted molar refractivity (Wildman–Crippen MR) is 134 cm³/mol. The Hall–Kier alpha value is -1.78. The SMILES string of the molecule is Cc1sc2ncn(CC(=O)N[C@@H]3CCC[C@H](C)[C@@H]3C)c(=O)c2c1S(=O)(=O)N1C[C@@H](C)C[C@H](C)C1. The molecule has 0 aromatic carbocycles. The van der Waals surface area contributed by atoms with Gasteiger partial charge in [-0.05, 0) is 43.4 Å². The molecule has 1 aliphatic heterocycles. The van der Waals surface area contributed by atoms with Gasteiger partial charge in [-0.15, -0.1) is 11.3 Å². The monoisotopic (exact) mass is 508 g/mol. The summed E-state index contributed by atoms with van der Waals surface area (Å²) in [5, 5.41) is 3.18. The van der Waals surface area contributed by atoms with Crippen LogP contribution in [0.4, 0.5) is 0 Å². The van der Waals surface area contributed by atoms with E-state index in [0.717, 1.165) is 25.7 Å². The van der Waals surface area contributed by atoms with Gasteiger partial charge >= 0.3 is 0 Å². The van der Waals surface area contributed by atoms with Gasteiger partial charge in [-0.1, -0.05) is 40.5 Å². The van der Waals surface area contributed by atoms with Crippen LogP contribution in [0.1, 0.15) is 58.3 Å². The molecule has 2 aliphatic rings. The topological polar surface area (TPSA) is 101 Å². The van der Waals surface area contributed by atoms with Crippen molar-refractivity contribution in [2.45, 2.75) is 77.8 Å². The smallest absolute Gasteiger partial charge is 0.263 e. The second-order valence-electron chi connectivity index (χ2n) is 10.6. The number of amides is 1. The van der Waals surface area contributed by atoms with Gasteiger partial charge in [0.1, 0.15) is 16.3 Å². The van der Waals surface area contributed by atoms with E-state index in [9.17, 15) is 18.0 Å². The van der Waals surface area contributed by atoms with E-state index in [0.29, 0.717) is 34.6 Å². The third-order valence-corrected chi connectivity index (χ3v) is 10.7. The third kappa shape index (κ3) is 4.81. The van der Waals surface area contributed by atoms with Gasteiger partial charge in [0.05, 0.1) is 11.7 Å². The fraction of sp³-hybridized carbons (Fsp3) is 0.708. The van der Waals surface area contributed by atoms with Crippen molar-refractivity contribution in [2.75, 3.05) is 13.1 Å². The van der Waals surface area contributed by atoms with Gasteiger partial charge < -0.3 is 5.32 Å². The standard InChI is InChI=1S/C24H36N4O4S2/c1-14-9-15(2)11-28(10-14)34(31,32)22-18(5)33-23-21(22)24(30)27(13-25-23)12-20(29)26-19-8-6-7-16(3)17(19)4/h13-17,19H,6-12H2,1-5H3,(H,26,29)/t14-,15-,16-,17-,19+/m0/s1. The summed E-state index contributed by atoms with van der Waals surface area (Å²) in [6.45, 7) is 10.9. The van der Waals surface area contributed by atoms with Crippen molar-refractivity contribution in [1.82, 2.24) is 19.2 Å². The number of aromatic nitrogens is 2. The molecule has 3 heterocycles. The maximum absolute atomic E-state index is 13.7. The molecule has 0 spiro atoms. The minimum Gasteiger partial charge on any atom is -0.352 e. The maximum atomic E-state index is 13.7. The zero-order valence-electron chi connectivity index (χ0n) is 20.7. The number of hydrogen-bond donors (Lipinski definition) is 1. The average Bonchev–Trinajstić information content (AvgIpc) is 3.10. The molecule has 8 nitrogen and oxygen atoms in total. The summed E-state index contributed by atoms with van der Waals surface area (Å²) in [4.78, 5) is 31.6. The van der Waals surface area contributed by atoms with Crippen LogP contribution in [0.25, 0.3) is 10.2 Å². The lowest BCUT2D eigenvalue weighted by molar-refractivity contribution is -0.123. The quantitative estimate of drug-likeness (QED) is 0.667. The van der Waals surface area contributed by atoms with E-state index in [1.807, 2.05) is 0 Å². The second-order valence-corrected chi connectivity index (χ2v) is 13.6. The molecular weight excluding hydrogens is 472 g/mol. The summed E-state index contributed by atoms with van der Waals surface area (Å²) in [7, 11) is -3.86. The normalized spacial score (nSPS) is 28.8. The van der Waals surface area contributed by atoms with Crippen LogP contribution < -0.4 is 10.9 Å². The highest BCUT2D eigenvalue weighted by Crippen LogP contribution is 2.35. The van der Waals surface area contributed by atoms with Gasteiger partial charge in [0, 0.05) is 24.0 Å². The molecule has 4 rings (SSSR count). The summed E-state index contributed by atoms with van der Waals surface area (Å²) in [5.41, 5.74) is -0.480. The Morgan fingerprint density at radius 1 is 1.18 bits per heavy atom. The summed E-state index contributed by atoms with van der Waals surface area (Å²) in [6.07, 6.45) is 5.51. The first-order chi connectivity index (χ1) is 16.0. The molecule has 0 bridgehead atoms. The molecule has 1 N–H and O–H groups in total. The average molecular weight is 509 g/mol. The number of aryl methyl sites for hydroxylation is 1. The number of sulfonamides is 1. The summed E-state index contributed by atoms with van der Waals surface area (Å²) in [6, 6.07) is 0.0889. The number of nitrogens with zero attached hydrogens (tertiary/aromatic N) is 3. The summed E-state index contributed by atoms with van der Waals surface area (Å²) in [5.74, 6) is 1.19. The van der Waals surface area contributed by atoms with Crippen molar-refractivity contribution in [3.05, 3.63) is 21.6 Å². The van der Waals surface area contributed by atoms with Gasteiger partial charge in [0.25, 0.3) is 5.56 Å². The molecule has 0 radical (unpaired) electrons. The van der Waals surface area contributed by atoms with Gasteiger partial charge in [-0.25, -0.2) is 13.4 Å². The van der Waals surface area contributed by atoms with E-state index in [1.54, 1.807) is 6.92 Å².